The topological polar surface area (TPSA) is 77.9 Å². The summed E-state index contributed by atoms with van der Waals surface area (Å²) in [7, 11) is 0. The Kier molecular flexibility index (Phi) is 7.85. The molecule has 0 amide bonds. The number of carbonyl (C=O) groups is 1. The minimum atomic E-state index is -4.90. The van der Waals surface area contributed by atoms with E-state index in [4.69, 9.17) is 9.47 Å². The van der Waals surface area contributed by atoms with E-state index < -0.39 is 42.0 Å². The minimum absolute atomic E-state index is 0.0188. The Bertz CT molecular complexity index is 1320. The molecule has 38 heavy (non-hydrogen) atoms. The molecule has 6 nitrogen and oxygen atoms in total. The van der Waals surface area contributed by atoms with Crippen LogP contribution in [-0.2, 0) is 17.6 Å². The fourth-order valence-corrected chi connectivity index (χ4v) is 3.41. The third-order valence-electron chi connectivity index (χ3n) is 5.43. The zero-order valence-electron chi connectivity index (χ0n) is 20.6. The Morgan fingerprint density at radius 3 is 2.03 bits per heavy atom. The van der Waals surface area contributed by atoms with Gasteiger partial charge in [0, 0.05) is 16.8 Å². The maximum atomic E-state index is 13.9. The molecule has 0 fully saturated rings. The molecule has 3 aromatic rings. The summed E-state index contributed by atoms with van der Waals surface area (Å²) in [6, 6.07) is 9.53. The number of nitrogens with zero attached hydrogens (tertiary/aromatic N) is 1. The van der Waals surface area contributed by atoms with Gasteiger partial charge in [-0.2, -0.15) is 13.2 Å². The van der Waals surface area contributed by atoms with Gasteiger partial charge in [0.05, 0.1) is 11.3 Å². The van der Waals surface area contributed by atoms with Crippen molar-refractivity contribution in [1.82, 2.24) is 4.98 Å². The first-order chi connectivity index (χ1) is 17.5. The second kappa shape index (κ2) is 10.4. The van der Waals surface area contributed by atoms with Crippen LogP contribution >= 0.6 is 0 Å². The summed E-state index contributed by atoms with van der Waals surface area (Å²) in [4.78, 5) is 15.5. The summed E-state index contributed by atoms with van der Waals surface area (Å²) in [6.45, 7) is 5.28. The molecule has 0 bridgehead atoms. The van der Waals surface area contributed by atoms with Crippen molar-refractivity contribution in [2.24, 2.45) is 0 Å². The number of aromatic nitrogens is 1. The summed E-state index contributed by atoms with van der Waals surface area (Å²) < 4.78 is 93.9. The van der Waals surface area contributed by atoms with Crippen LogP contribution in [0.15, 0.2) is 48.5 Å². The fourth-order valence-electron chi connectivity index (χ4n) is 3.41. The molecule has 0 aliphatic heterocycles. The maximum absolute atomic E-state index is 13.9. The first kappa shape index (κ1) is 28.6. The highest BCUT2D eigenvalue weighted by molar-refractivity contribution is 5.76. The monoisotopic (exact) mass is 543 g/mol. The molecule has 1 aromatic heterocycles. The molecule has 0 saturated heterocycles. The maximum Gasteiger partial charge on any atom is 0.573 e. The summed E-state index contributed by atoms with van der Waals surface area (Å²) in [5.41, 5.74) is -2.11. The molecule has 0 unspecified atom stereocenters. The zero-order chi connectivity index (χ0) is 28.5. The van der Waals surface area contributed by atoms with E-state index in [1.807, 2.05) is 0 Å². The molecule has 1 N–H and O–H groups in total. The number of aliphatic carboxylic acids is 1. The van der Waals surface area contributed by atoms with Crippen molar-refractivity contribution in [3.63, 3.8) is 0 Å². The van der Waals surface area contributed by atoms with Gasteiger partial charge in [-0.3, -0.25) is 4.98 Å². The molecule has 204 valence electrons. The Morgan fingerprint density at radius 1 is 0.895 bits per heavy atom. The third-order valence-corrected chi connectivity index (χ3v) is 5.43. The Labute approximate surface area is 213 Å². The normalized spacial score (nSPS) is 12.3. The second-order valence-corrected chi connectivity index (χ2v) is 8.82. The zero-order valence-corrected chi connectivity index (χ0v) is 20.6. The molecule has 1 heterocycles. The number of pyridine rings is 1. The van der Waals surface area contributed by atoms with Gasteiger partial charge in [-0.25, -0.2) is 4.79 Å². The lowest BCUT2D eigenvalue weighted by Gasteiger charge is -2.23. The van der Waals surface area contributed by atoms with E-state index in [0.717, 1.165) is 18.2 Å². The van der Waals surface area contributed by atoms with Gasteiger partial charge in [0.2, 0.25) is 0 Å². The van der Waals surface area contributed by atoms with Gasteiger partial charge in [-0.1, -0.05) is 0 Å². The van der Waals surface area contributed by atoms with Crippen LogP contribution in [0.2, 0.25) is 0 Å². The molecule has 0 radical (unpaired) electrons. The van der Waals surface area contributed by atoms with Gasteiger partial charge < -0.3 is 19.3 Å². The SMILES string of the molecule is Cc1cc(OCc2c(C(F)(F)F)cc(-c3ccc(OC(F)(F)F)cc3)nc2C)ccc1OC(C)(C)C(=O)O. The van der Waals surface area contributed by atoms with Crippen LogP contribution in [0.3, 0.4) is 0 Å². The van der Waals surface area contributed by atoms with Gasteiger partial charge in [0.25, 0.3) is 0 Å². The number of halogens is 6. The smallest absolute Gasteiger partial charge is 0.489 e. The van der Waals surface area contributed by atoms with Crippen molar-refractivity contribution in [3.05, 3.63) is 70.9 Å². The molecule has 12 heteroatoms. The lowest BCUT2D eigenvalue weighted by Crippen LogP contribution is -2.38. The Morgan fingerprint density at radius 2 is 1.50 bits per heavy atom. The Hall–Kier alpha value is -3.96. The van der Waals surface area contributed by atoms with Crippen LogP contribution in [0.1, 0.15) is 36.2 Å². The number of ether oxygens (including phenoxy) is 3. The lowest BCUT2D eigenvalue weighted by molar-refractivity contribution is -0.274. The number of benzene rings is 2. The molecule has 0 aliphatic rings. The highest BCUT2D eigenvalue weighted by Gasteiger charge is 2.36. The molecule has 0 spiro atoms. The van der Waals surface area contributed by atoms with E-state index in [9.17, 15) is 36.2 Å². The van der Waals surface area contributed by atoms with Gasteiger partial charge in [-0.15, -0.1) is 13.2 Å². The van der Waals surface area contributed by atoms with Crippen LogP contribution in [0.5, 0.6) is 17.2 Å². The van der Waals surface area contributed by atoms with E-state index in [-0.39, 0.29) is 34.0 Å². The number of rotatable bonds is 8. The number of carboxylic acids is 1. The first-order valence-corrected chi connectivity index (χ1v) is 11.1. The number of hydrogen-bond acceptors (Lipinski definition) is 5. The van der Waals surface area contributed by atoms with Crippen molar-refractivity contribution < 1.29 is 50.5 Å². The predicted molar refractivity (Wildman–Crippen MR) is 124 cm³/mol. The van der Waals surface area contributed by atoms with E-state index in [2.05, 4.69) is 9.72 Å². The Balaban J connectivity index is 1.86. The standard InChI is InChI=1S/C26H23F6NO5/c1-14-11-18(9-10-22(14)38-24(3,4)23(34)35)36-13-19-15(2)33-21(12-20(19)25(27,28)29)16-5-7-17(8-6-16)37-26(30,31)32/h5-12H,13H2,1-4H3,(H,34,35). The third kappa shape index (κ3) is 7.08. The summed E-state index contributed by atoms with van der Waals surface area (Å²) >= 11 is 0. The highest BCUT2D eigenvalue weighted by atomic mass is 19.4. The van der Waals surface area contributed by atoms with E-state index in [0.29, 0.717) is 5.56 Å². The summed E-state index contributed by atoms with van der Waals surface area (Å²) in [5, 5.41) is 9.23. The van der Waals surface area contributed by atoms with Crippen molar-refractivity contribution in [1.29, 1.82) is 0 Å². The predicted octanol–water partition coefficient (Wildman–Crippen LogP) is 7.10. The summed E-state index contributed by atoms with van der Waals surface area (Å²) in [5.74, 6) is -1.19. The van der Waals surface area contributed by atoms with Crippen LogP contribution in [-0.4, -0.2) is 28.0 Å². The van der Waals surface area contributed by atoms with Crippen LogP contribution < -0.4 is 14.2 Å². The van der Waals surface area contributed by atoms with Gasteiger partial charge in [0.1, 0.15) is 23.9 Å². The van der Waals surface area contributed by atoms with Crippen LogP contribution in [0.25, 0.3) is 11.3 Å². The van der Waals surface area contributed by atoms with Gasteiger partial charge in [-0.05, 0) is 81.8 Å². The number of aryl methyl sites for hydroxylation is 2. The quantitative estimate of drug-likeness (QED) is 0.305. The molecular weight excluding hydrogens is 520 g/mol. The second-order valence-electron chi connectivity index (χ2n) is 8.82. The molecular formula is C26H23F6NO5. The number of hydrogen-bond donors (Lipinski definition) is 1. The van der Waals surface area contributed by atoms with Crippen molar-refractivity contribution in [3.8, 4) is 28.5 Å². The fraction of sp³-hybridized carbons (Fsp3) is 0.308. The lowest BCUT2D eigenvalue weighted by atomic mass is 10.0. The minimum Gasteiger partial charge on any atom is -0.489 e. The van der Waals surface area contributed by atoms with Gasteiger partial charge in [0.15, 0.2) is 5.60 Å². The van der Waals surface area contributed by atoms with Gasteiger partial charge >= 0.3 is 18.5 Å². The first-order valence-electron chi connectivity index (χ1n) is 11.1. The number of carboxylic acid groups (broad SMARTS) is 1. The molecule has 0 aliphatic carbocycles. The van der Waals surface area contributed by atoms with Crippen LogP contribution in [0.4, 0.5) is 26.3 Å². The molecule has 0 saturated carbocycles. The highest BCUT2D eigenvalue weighted by Crippen LogP contribution is 2.37. The largest absolute Gasteiger partial charge is 0.573 e. The van der Waals surface area contributed by atoms with Crippen molar-refractivity contribution >= 4 is 5.97 Å². The number of alkyl halides is 6. The average Bonchev–Trinajstić information content (AvgIpc) is 2.78. The van der Waals surface area contributed by atoms with Crippen LogP contribution in [0, 0.1) is 13.8 Å². The average molecular weight is 543 g/mol. The van der Waals surface area contributed by atoms with E-state index >= 15 is 0 Å². The summed E-state index contributed by atoms with van der Waals surface area (Å²) in [6.07, 6.45) is -9.67. The van der Waals surface area contributed by atoms with E-state index in [1.54, 1.807) is 6.92 Å². The van der Waals surface area contributed by atoms with Crippen molar-refractivity contribution in [2.45, 2.75) is 52.4 Å². The molecule has 2 aromatic carbocycles. The van der Waals surface area contributed by atoms with Crippen molar-refractivity contribution in [2.75, 3.05) is 0 Å². The molecule has 3 rings (SSSR count). The van der Waals surface area contributed by atoms with E-state index in [1.165, 1.54) is 51.1 Å². The molecule has 0 atom stereocenters.